The van der Waals surface area contributed by atoms with Crippen molar-refractivity contribution in [2.24, 2.45) is 0 Å². The standard InChI is InChI=1S/C21H23Cl2NO2.C2H2O4/c1-3-24(4-2)13-14-26-19-10-6-17(7-11-19)21(25)12-8-16-5-9-18(22)15-20(16)23;3-1(4)2(5)6/h5-12,15H,3-4,13-14H2,1-2H3;(H,3,4)(H,5,6)/b12-8-;. The molecule has 0 unspecified atom stereocenters. The Kier molecular flexibility index (Phi) is 12.1. The summed E-state index contributed by atoms with van der Waals surface area (Å²) in [6.07, 6.45) is 3.20. The summed E-state index contributed by atoms with van der Waals surface area (Å²) in [7, 11) is 0. The van der Waals surface area contributed by atoms with Crippen molar-refractivity contribution in [3.8, 4) is 5.75 Å². The summed E-state index contributed by atoms with van der Waals surface area (Å²) >= 11 is 12.0. The number of carboxylic acid groups (broad SMARTS) is 2. The van der Waals surface area contributed by atoms with E-state index < -0.39 is 11.9 Å². The summed E-state index contributed by atoms with van der Waals surface area (Å²) in [5, 5.41) is 15.9. The van der Waals surface area contributed by atoms with Crippen molar-refractivity contribution in [2.45, 2.75) is 13.8 Å². The van der Waals surface area contributed by atoms with E-state index in [2.05, 4.69) is 18.7 Å². The predicted octanol–water partition coefficient (Wildman–Crippen LogP) is 4.77. The lowest BCUT2D eigenvalue weighted by molar-refractivity contribution is -0.159. The second-order valence-electron chi connectivity index (χ2n) is 6.37. The van der Waals surface area contributed by atoms with E-state index in [1.54, 1.807) is 36.4 Å². The van der Waals surface area contributed by atoms with Gasteiger partial charge in [0.15, 0.2) is 5.78 Å². The van der Waals surface area contributed by atoms with Crippen LogP contribution in [-0.2, 0) is 9.59 Å². The number of hydrogen-bond acceptors (Lipinski definition) is 5. The number of rotatable bonds is 9. The van der Waals surface area contributed by atoms with Crippen LogP contribution in [0.15, 0.2) is 48.5 Å². The van der Waals surface area contributed by atoms with E-state index in [-0.39, 0.29) is 5.78 Å². The molecule has 2 N–H and O–H groups in total. The molecule has 32 heavy (non-hydrogen) atoms. The third-order valence-electron chi connectivity index (χ3n) is 4.27. The number of ether oxygens (including phenoxy) is 1. The molecule has 2 aromatic carbocycles. The minimum absolute atomic E-state index is 0.0919. The highest BCUT2D eigenvalue weighted by Gasteiger charge is 2.05. The maximum Gasteiger partial charge on any atom is 0.414 e. The molecule has 172 valence electrons. The molecule has 0 saturated carbocycles. The molecule has 0 fully saturated rings. The number of nitrogens with zero attached hydrogens (tertiary/aromatic N) is 1. The largest absolute Gasteiger partial charge is 0.492 e. The van der Waals surface area contributed by atoms with Gasteiger partial charge >= 0.3 is 11.9 Å². The lowest BCUT2D eigenvalue weighted by Gasteiger charge is -2.17. The summed E-state index contributed by atoms with van der Waals surface area (Å²) in [5.74, 6) is -2.98. The molecule has 2 aromatic rings. The van der Waals surface area contributed by atoms with E-state index in [1.807, 2.05) is 12.1 Å². The Morgan fingerprint density at radius 2 is 1.56 bits per heavy atom. The zero-order valence-corrected chi connectivity index (χ0v) is 19.3. The molecule has 2 rings (SSSR count). The smallest absolute Gasteiger partial charge is 0.414 e. The summed E-state index contributed by atoms with van der Waals surface area (Å²) < 4.78 is 5.73. The van der Waals surface area contributed by atoms with Crippen LogP contribution in [0.3, 0.4) is 0 Å². The first-order valence-corrected chi connectivity index (χ1v) is 10.5. The topological polar surface area (TPSA) is 104 Å². The van der Waals surface area contributed by atoms with Gasteiger partial charge in [0.25, 0.3) is 0 Å². The van der Waals surface area contributed by atoms with E-state index in [0.717, 1.165) is 30.9 Å². The van der Waals surface area contributed by atoms with Crippen LogP contribution in [0.1, 0.15) is 29.8 Å². The highest BCUT2D eigenvalue weighted by Crippen LogP contribution is 2.22. The monoisotopic (exact) mass is 481 g/mol. The molecule has 0 bridgehead atoms. The van der Waals surface area contributed by atoms with Gasteiger partial charge < -0.3 is 19.8 Å². The van der Waals surface area contributed by atoms with Gasteiger partial charge in [-0.1, -0.05) is 43.1 Å². The fourth-order valence-electron chi connectivity index (χ4n) is 2.45. The van der Waals surface area contributed by atoms with E-state index in [0.29, 0.717) is 22.2 Å². The summed E-state index contributed by atoms with van der Waals surface area (Å²) in [6.45, 7) is 7.81. The number of halogens is 2. The van der Waals surface area contributed by atoms with Crippen molar-refractivity contribution in [3.05, 3.63) is 69.7 Å². The van der Waals surface area contributed by atoms with Crippen LogP contribution >= 0.6 is 23.2 Å². The van der Waals surface area contributed by atoms with E-state index in [9.17, 15) is 4.79 Å². The van der Waals surface area contributed by atoms with Gasteiger partial charge in [-0.25, -0.2) is 9.59 Å². The van der Waals surface area contributed by atoms with Crippen LogP contribution in [0.25, 0.3) is 6.08 Å². The zero-order chi connectivity index (χ0) is 24.1. The van der Waals surface area contributed by atoms with Gasteiger partial charge in [-0.3, -0.25) is 4.79 Å². The SMILES string of the molecule is CCN(CC)CCOc1ccc(C(=O)/C=C\c2ccc(Cl)cc2Cl)cc1.O=C(O)C(=O)O. The number of benzene rings is 2. The van der Waals surface area contributed by atoms with Crippen LogP contribution in [0.5, 0.6) is 5.75 Å². The molecule has 0 spiro atoms. The summed E-state index contributed by atoms with van der Waals surface area (Å²) in [5.41, 5.74) is 1.35. The molecule has 0 saturated heterocycles. The van der Waals surface area contributed by atoms with Gasteiger partial charge in [-0.2, -0.15) is 0 Å². The van der Waals surface area contributed by atoms with Gasteiger partial charge in [0.2, 0.25) is 0 Å². The first kappa shape index (κ1) is 27.2. The molecule has 0 aliphatic heterocycles. The Morgan fingerprint density at radius 1 is 0.969 bits per heavy atom. The number of carboxylic acids is 2. The Labute approximate surface area is 196 Å². The van der Waals surface area contributed by atoms with E-state index >= 15 is 0 Å². The fraction of sp³-hybridized carbons (Fsp3) is 0.261. The number of ketones is 1. The van der Waals surface area contributed by atoms with Crippen LogP contribution in [0, 0.1) is 0 Å². The fourth-order valence-corrected chi connectivity index (χ4v) is 2.92. The normalized spacial score (nSPS) is 10.5. The molecule has 0 amide bonds. The van der Waals surface area contributed by atoms with Crippen LogP contribution < -0.4 is 4.74 Å². The van der Waals surface area contributed by atoms with Gasteiger partial charge in [0.1, 0.15) is 12.4 Å². The average Bonchev–Trinajstić information content (AvgIpc) is 2.76. The van der Waals surface area contributed by atoms with Crippen molar-refractivity contribution < 1.29 is 29.3 Å². The van der Waals surface area contributed by atoms with Gasteiger partial charge in [0.05, 0.1) is 0 Å². The molecular weight excluding hydrogens is 457 g/mol. The summed E-state index contributed by atoms with van der Waals surface area (Å²) in [6, 6.07) is 12.3. The van der Waals surface area contributed by atoms with Gasteiger partial charge in [-0.05, 0) is 67.2 Å². The van der Waals surface area contributed by atoms with Crippen LogP contribution in [0.4, 0.5) is 0 Å². The molecule has 0 aliphatic carbocycles. The molecular formula is C23H25Cl2NO6. The molecule has 0 aliphatic rings. The van der Waals surface area contributed by atoms with Crippen molar-refractivity contribution in [1.82, 2.24) is 4.90 Å². The van der Waals surface area contributed by atoms with Crippen molar-refractivity contribution in [3.63, 3.8) is 0 Å². The summed E-state index contributed by atoms with van der Waals surface area (Å²) in [4.78, 5) is 32.8. The minimum Gasteiger partial charge on any atom is -0.492 e. The maximum atomic E-state index is 12.3. The molecule has 9 heteroatoms. The quantitative estimate of drug-likeness (QED) is 0.302. The number of allylic oxidation sites excluding steroid dienone is 1. The van der Waals surface area contributed by atoms with Crippen LogP contribution in [-0.4, -0.2) is 59.1 Å². The molecule has 7 nitrogen and oxygen atoms in total. The molecule has 0 aromatic heterocycles. The lowest BCUT2D eigenvalue weighted by Crippen LogP contribution is -2.27. The third-order valence-corrected chi connectivity index (χ3v) is 4.83. The van der Waals surface area contributed by atoms with Crippen molar-refractivity contribution >= 4 is 47.0 Å². The number of likely N-dealkylation sites (N-methyl/N-ethyl adjacent to an activating group) is 1. The molecule has 0 atom stereocenters. The van der Waals surface area contributed by atoms with Gasteiger partial charge in [-0.15, -0.1) is 0 Å². The van der Waals surface area contributed by atoms with E-state index in [4.69, 9.17) is 47.7 Å². The highest BCUT2D eigenvalue weighted by atomic mass is 35.5. The molecule has 0 radical (unpaired) electrons. The number of aliphatic carboxylic acids is 2. The Balaban J connectivity index is 0.000000751. The average molecular weight is 482 g/mol. The Morgan fingerprint density at radius 3 is 2.06 bits per heavy atom. The maximum absolute atomic E-state index is 12.3. The predicted molar refractivity (Wildman–Crippen MR) is 125 cm³/mol. The van der Waals surface area contributed by atoms with Gasteiger partial charge in [0, 0.05) is 22.2 Å². The molecule has 0 heterocycles. The lowest BCUT2D eigenvalue weighted by atomic mass is 10.1. The number of carbonyl (C=O) groups is 3. The Bertz CT molecular complexity index is 928. The van der Waals surface area contributed by atoms with Crippen LogP contribution in [0.2, 0.25) is 10.0 Å². The van der Waals surface area contributed by atoms with E-state index in [1.165, 1.54) is 6.08 Å². The highest BCUT2D eigenvalue weighted by molar-refractivity contribution is 6.35. The first-order chi connectivity index (χ1) is 15.2. The van der Waals surface area contributed by atoms with Crippen molar-refractivity contribution in [2.75, 3.05) is 26.2 Å². The zero-order valence-electron chi connectivity index (χ0n) is 17.8. The second-order valence-corrected chi connectivity index (χ2v) is 7.22. The minimum atomic E-state index is -1.82. The first-order valence-electron chi connectivity index (χ1n) is 9.76. The third kappa shape index (κ3) is 9.96. The van der Waals surface area contributed by atoms with Crippen molar-refractivity contribution in [1.29, 1.82) is 0 Å². The second kappa shape index (κ2) is 14.2. The Hall–Kier alpha value is -2.87. The number of carbonyl (C=O) groups excluding carboxylic acids is 1. The number of hydrogen-bond donors (Lipinski definition) is 2.